The standard InChI is InChI=1S/C21H25N3O4/c1-14-5-8-18(15(2)11-14)23-20(25)9-10-21(26)24-22-13-16-6-7-17(27-3)12-19(16)28-4/h5-8,11-13H,9-10H2,1-4H3,(H,23,25)(H,24,26)/b22-13-. The summed E-state index contributed by atoms with van der Waals surface area (Å²) in [5, 5.41) is 6.73. The summed E-state index contributed by atoms with van der Waals surface area (Å²) in [7, 11) is 3.11. The zero-order chi connectivity index (χ0) is 20.5. The molecule has 0 saturated heterocycles. The Kier molecular flexibility index (Phi) is 7.56. The predicted molar refractivity (Wildman–Crippen MR) is 109 cm³/mol. The van der Waals surface area contributed by atoms with Crippen molar-refractivity contribution in [2.45, 2.75) is 26.7 Å². The van der Waals surface area contributed by atoms with Crippen LogP contribution in [0.5, 0.6) is 11.5 Å². The molecule has 0 fully saturated rings. The fraction of sp³-hybridized carbons (Fsp3) is 0.286. The number of hydrogen-bond donors (Lipinski definition) is 2. The number of hydrazone groups is 1. The molecule has 0 spiro atoms. The Morgan fingerprint density at radius 1 is 1.00 bits per heavy atom. The van der Waals surface area contributed by atoms with Crippen molar-refractivity contribution in [2.75, 3.05) is 19.5 Å². The van der Waals surface area contributed by atoms with E-state index in [1.165, 1.54) is 6.21 Å². The molecule has 0 aliphatic carbocycles. The van der Waals surface area contributed by atoms with E-state index in [4.69, 9.17) is 9.47 Å². The molecule has 7 heteroatoms. The van der Waals surface area contributed by atoms with E-state index in [0.29, 0.717) is 17.1 Å². The molecule has 0 saturated carbocycles. The van der Waals surface area contributed by atoms with Crippen molar-refractivity contribution in [3.63, 3.8) is 0 Å². The van der Waals surface area contributed by atoms with Gasteiger partial charge in [-0.15, -0.1) is 0 Å². The van der Waals surface area contributed by atoms with E-state index < -0.39 is 0 Å². The maximum absolute atomic E-state index is 12.0. The number of methoxy groups -OCH3 is 2. The van der Waals surface area contributed by atoms with Crippen LogP contribution < -0.4 is 20.2 Å². The summed E-state index contributed by atoms with van der Waals surface area (Å²) in [5.41, 5.74) is 5.96. The fourth-order valence-corrected chi connectivity index (χ4v) is 2.55. The average molecular weight is 383 g/mol. The molecule has 0 bridgehead atoms. The minimum atomic E-state index is -0.348. The van der Waals surface area contributed by atoms with Crippen molar-refractivity contribution in [3.8, 4) is 11.5 Å². The first-order chi connectivity index (χ1) is 13.4. The third kappa shape index (κ3) is 6.12. The monoisotopic (exact) mass is 383 g/mol. The van der Waals surface area contributed by atoms with Crippen LogP contribution in [0.3, 0.4) is 0 Å². The fourth-order valence-electron chi connectivity index (χ4n) is 2.55. The van der Waals surface area contributed by atoms with Gasteiger partial charge < -0.3 is 14.8 Å². The first-order valence-corrected chi connectivity index (χ1v) is 8.84. The lowest BCUT2D eigenvalue weighted by Crippen LogP contribution is -2.21. The van der Waals surface area contributed by atoms with Gasteiger partial charge in [0.05, 0.1) is 20.4 Å². The second kappa shape index (κ2) is 10.1. The number of benzene rings is 2. The molecule has 148 valence electrons. The Labute approximate surface area is 164 Å². The van der Waals surface area contributed by atoms with E-state index in [9.17, 15) is 9.59 Å². The summed E-state index contributed by atoms with van der Waals surface area (Å²) in [4.78, 5) is 23.9. The quantitative estimate of drug-likeness (QED) is 0.541. The van der Waals surface area contributed by atoms with Gasteiger partial charge in [-0.1, -0.05) is 17.7 Å². The normalized spacial score (nSPS) is 10.6. The highest BCUT2D eigenvalue weighted by molar-refractivity contribution is 5.94. The van der Waals surface area contributed by atoms with Gasteiger partial charge in [-0.25, -0.2) is 5.43 Å². The molecule has 7 nitrogen and oxygen atoms in total. The van der Waals surface area contributed by atoms with Crippen LogP contribution in [0.2, 0.25) is 0 Å². The van der Waals surface area contributed by atoms with Gasteiger partial charge in [-0.3, -0.25) is 9.59 Å². The molecular formula is C21H25N3O4. The van der Waals surface area contributed by atoms with Crippen molar-refractivity contribution in [3.05, 3.63) is 53.1 Å². The lowest BCUT2D eigenvalue weighted by Gasteiger charge is -2.09. The predicted octanol–water partition coefficient (Wildman–Crippen LogP) is 3.19. The minimum absolute atomic E-state index is 0.0355. The van der Waals surface area contributed by atoms with Crippen molar-refractivity contribution in [1.29, 1.82) is 0 Å². The second-order valence-electron chi connectivity index (χ2n) is 6.27. The van der Waals surface area contributed by atoms with Gasteiger partial charge >= 0.3 is 0 Å². The Hall–Kier alpha value is -3.35. The number of rotatable bonds is 8. The second-order valence-corrected chi connectivity index (χ2v) is 6.27. The number of carbonyl (C=O) groups is 2. The van der Waals surface area contributed by atoms with Gasteiger partial charge in [-0.05, 0) is 37.6 Å². The smallest absolute Gasteiger partial charge is 0.240 e. The number of ether oxygens (including phenoxy) is 2. The van der Waals surface area contributed by atoms with Gasteiger partial charge in [0.2, 0.25) is 11.8 Å². The lowest BCUT2D eigenvalue weighted by molar-refractivity contribution is -0.124. The summed E-state index contributed by atoms with van der Waals surface area (Å²) in [6, 6.07) is 11.0. The van der Waals surface area contributed by atoms with E-state index in [2.05, 4.69) is 15.8 Å². The van der Waals surface area contributed by atoms with Crippen LogP contribution in [0, 0.1) is 13.8 Å². The van der Waals surface area contributed by atoms with Crippen molar-refractivity contribution in [2.24, 2.45) is 5.10 Å². The molecule has 0 aliphatic heterocycles. The summed E-state index contributed by atoms with van der Waals surface area (Å²) in [6.07, 6.45) is 1.58. The molecule has 0 atom stereocenters. The third-order valence-corrected chi connectivity index (χ3v) is 4.07. The zero-order valence-electron chi connectivity index (χ0n) is 16.5. The van der Waals surface area contributed by atoms with Crippen molar-refractivity contribution >= 4 is 23.7 Å². The topological polar surface area (TPSA) is 89.0 Å². The molecule has 2 amide bonds. The van der Waals surface area contributed by atoms with Crippen LogP contribution in [0.15, 0.2) is 41.5 Å². The molecule has 0 heterocycles. The summed E-state index contributed by atoms with van der Waals surface area (Å²) < 4.78 is 10.4. The Bertz CT molecular complexity index is 878. The third-order valence-electron chi connectivity index (χ3n) is 4.07. The summed E-state index contributed by atoms with van der Waals surface area (Å²) >= 11 is 0. The molecule has 0 radical (unpaired) electrons. The van der Waals surface area contributed by atoms with Crippen LogP contribution in [-0.4, -0.2) is 32.2 Å². The van der Waals surface area contributed by atoms with Crippen LogP contribution in [0.25, 0.3) is 0 Å². The lowest BCUT2D eigenvalue weighted by atomic mass is 10.1. The minimum Gasteiger partial charge on any atom is -0.497 e. The first-order valence-electron chi connectivity index (χ1n) is 8.84. The van der Waals surface area contributed by atoms with Gasteiger partial charge in [0.15, 0.2) is 0 Å². The Morgan fingerprint density at radius 3 is 2.43 bits per heavy atom. The van der Waals surface area contributed by atoms with E-state index in [-0.39, 0.29) is 24.7 Å². The SMILES string of the molecule is COc1ccc(/C=N\NC(=O)CCC(=O)Nc2ccc(C)cc2C)c(OC)c1. The van der Waals surface area contributed by atoms with Gasteiger partial charge in [0.25, 0.3) is 0 Å². The molecule has 0 aromatic heterocycles. The highest BCUT2D eigenvalue weighted by atomic mass is 16.5. The molecule has 2 N–H and O–H groups in total. The number of carbonyl (C=O) groups excluding carboxylic acids is 2. The maximum atomic E-state index is 12.0. The van der Waals surface area contributed by atoms with Crippen LogP contribution in [0.4, 0.5) is 5.69 Å². The summed E-state index contributed by atoms with van der Waals surface area (Å²) in [5.74, 6) is 0.667. The number of nitrogens with zero attached hydrogens (tertiary/aromatic N) is 1. The molecule has 2 aromatic carbocycles. The molecule has 2 rings (SSSR count). The van der Waals surface area contributed by atoms with Gasteiger partial charge in [-0.2, -0.15) is 5.10 Å². The van der Waals surface area contributed by atoms with Crippen LogP contribution in [0.1, 0.15) is 29.5 Å². The number of hydrogen-bond acceptors (Lipinski definition) is 5. The molecule has 28 heavy (non-hydrogen) atoms. The Balaban J connectivity index is 1.82. The molecule has 2 aromatic rings. The number of aryl methyl sites for hydroxylation is 2. The number of amides is 2. The van der Waals surface area contributed by atoms with Gasteiger partial charge in [0, 0.05) is 30.2 Å². The van der Waals surface area contributed by atoms with E-state index in [1.807, 2.05) is 32.0 Å². The number of anilines is 1. The average Bonchev–Trinajstić information content (AvgIpc) is 2.68. The van der Waals surface area contributed by atoms with E-state index >= 15 is 0 Å². The van der Waals surface area contributed by atoms with Crippen molar-refractivity contribution in [1.82, 2.24) is 5.43 Å². The first kappa shape index (κ1) is 21.0. The van der Waals surface area contributed by atoms with E-state index in [1.54, 1.807) is 32.4 Å². The Morgan fingerprint density at radius 2 is 1.75 bits per heavy atom. The highest BCUT2D eigenvalue weighted by Gasteiger charge is 2.08. The highest BCUT2D eigenvalue weighted by Crippen LogP contribution is 2.23. The van der Waals surface area contributed by atoms with Crippen LogP contribution >= 0.6 is 0 Å². The maximum Gasteiger partial charge on any atom is 0.240 e. The van der Waals surface area contributed by atoms with Crippen LogP contribution in [-0.2, 0) is 9.59 Å². The molecular weight excluding hydrogens is 358 g/mol. The molecule has 0 unspecified atom stereocenters. The number of nitrogens with one attached hydrogen (secondary N) is 2. The van der Waals surface area contributed by atoms with E-state index in [0.717, 1.165) is 16.8 Å². The van der Waals surface area contributed by atoms with Crippen molar-refractivity contribution < 1.29 is 19.1 Å². The molecule has 0 aliphatic rings. The summed E-state index contributed by atoms with van der Waals surface area (Å²) in [6.45, 7) is 3.92. The van der Waals surface area contributed by atoms with Gasteiger partial charge in [0.1, 0.15) is 11.5 Å². The largest absolute Gasteiger partial charge is 0.497 e. The zero-order valence-corrected chi connectivity index (χ0v) is 16.5.